The highest BCUT2D eigenvalue weighted by atomic mass is 32.1. The number of carbonyl (C=O) groups is 2. The molecular formula is C13H18N2O3S. The SMILES string of the molecule is COC(=O)c1sccc1NC(=O)C1(C)CCCC1N. The molecule has 3 N–H and O–H groups in total. The lowest BCUT2D eigenvalue weighted by Crippen LogP contribution is -2.44. The number of hydrogen-bond acceptors (Lipinski definition) is 5. The molecule has 1 aliphatic rings. The fourth-order valence-electron chi connectivity index (χ4n) is 2.40. The Kier molecular flexibility index (Phi) is 3.91. The quantitative estimate of drug-likeness (QED) is 0.831. The molecule has 104 valence electrons. The summed E-state index contributed by atoms with van der Waals surface area (Å²) in [5.41, 5.74) is 5.96. The van der Waals surface area contributed by atoms with E-state index in [0.29, 0.717) is 10.6 Å². The molecule has 1 aromatic rings. The van der Waals surface area contributed by atoms with Gasteiger partial charge in [0.2, 0.25) is 5.91 Å². The Morgan fingerprint density at radius 2 is 2.32 bits per heavy atom. The van der Waals surface area contributed by atoms with Crippen LogP contribution in [0.2, 0.25) is 0 Å². The van der Waals surface area contributed by atoms with Gasteiger partial charge in [-0.25, -0.2) is 4.79 Å². The third-order valence-electron chi connectivity index (χ3n) is 3.83. The molecular weight excluding hydrogens is 264 g/mol. The Morgan fingerprint density at radius 1 is 1.58 bits per heavy atom. The number of amides is 1. The Morgan fingerprint density at radius 3 is 2.89 bits per heavy atom. The molecule has 1 heterocycles. The number of anilines is 1. The minimum Gasteiger partial charge on any atom is -0.465 e. The van der Waals surface area contributed by atoms with Crippen molar-refractivity contribution >= 4 is 28.9 Å². The number of carbonyl (C=O) groups excluding carboxylic acids is 2. The molecule has 1 amide bonds. The van der Waals surface area contributed by atoms with E-state index in [9.17, 15) is 9.59 Å². The van der Waals surface area contributed by atoms with Crippen molar-refractivity contribution in [2.75, 3.05) is 12.4 Å². The molecule has 0 bridgehead atoms. The predicted octanol–water partition coefficient (Wildman–Crippen LogP) is 1.99. The van der Waals surface area contributed by atoms with Crippen molar-refractivity contribution in [1.82, 2.24) is 0 Å². The van der Waals surface area contributed by atoms with Crippen LogP contribution in [-0.4, -0.2) is 25.0 Å². The number of hydrogen-bond donors (Lipinski definition) is 2. The van der Waals surface area contributed by atoms with E-state index in [2.05, 4.69) is 10.1 Å². The van der Waals surface area contributed by atoms with Crippen molar-refractivity contribution in [3.05, 3.63) is 16.3 Å². The van der Waals surface area contributed by atoms with Gasteiger partial charge >= 0.3 is 5.97 Å². The summed E-state index contributed by atoms with van der Waals surface area (Å²) in [5.74, 6) is -0.563. The number of rotatable bonds is 3. The number of methoxy groups -OCH3 is 1. The smallest absolute Gasteiger partial charge is 0.350 e. The van der Waals surface area contributed by atoms with Gasteiger partial charge in [0.05, 0.1) is 18.2 Å². The van der Waals surface area contributed by atoms with Crippen LogP contribution in [0.15, 0.2) is 11.4 Å². The summed E-state index contributed by atoms with van der Waals surface area (Å²) in [7, 11) is 1.32. The Labute approximate surface area is 116 Å². The van der Waals surface area contributed by atoms with E-state index in [4.69, 9.17) is 5.73 Å². The lowest BCUT2D eigenvalue weighted by molar-refractivity contribution is -0.125. The summed E-state index contributed by atoms with van der Waals surface area (Å²) in [4.78, 5) is 24.3. The van der Waals surface area contributed by atoms with Crippen LogP contribution in [0.25, 0.3) is 0 Å². The Hall–Kier alpha value is -1.40. The zero-order chi connectivity index (χ0) is 14.0. The fourth-order valence-corrected chi connectivity index (χ4v) is 3.16. The molecule has 1 fully saturated rings. The lowest BCUT2D eigenvalue weighted by Gasteiger charge is -2.27. The summed E-state index contributed by atoms with van der Waals surface area (Å²) >= 11 is 1.25. The summed E-state index contributed by atoms with van der Waals surface area (Å²) in [6.45, 7) is 1.88. The maximum Gasteiger partial charge on any atom is 0.350 e. The zero-order valence-corrected chi connectivity index (χ0v) is 11.9. The molecule has 19 heavy (non-hydrogen) atoms. The number of thiophene rings is 1. The van der Waals surface area contributed by atoms with E-state index >= 15 is 0 Å². The van der Waals surface area contributed by atoms with E-state index in [0.717, 1.165) is 19.3 Å². The molecule has 2 atom stereocenters. The van der Waals surface area contributed by atoms with Crippen molar-refractivity contribution in [1.29, 1.82) is 0 Å². The van der Waals surface area contributed by atoms with E-state index in [1.54, 1.807) is 11.4 Å². The predicted molar refractivity (Wildman–Crippen MR) is 74.2 cm³/mol. The molecule has 0 aromatic carbocycles. The summed E-state index contributed by atoms with van der Waals surface area (Å²) in [6.07, 6.45) is 2.59. The van der Waals surface area contributed by atoms with Crippen molar-refractivity contribution in [3.63, 3.8) is 0 Å². The second-order valence-corrected chi connectivity index (χ2v) is 5.94. The molecule has 1 aromatic heterocycles. The molecule has 2 unspecified atom stereocenters. The van der Waals surface area contributed by atoms with Gasteiger partial charge < -0.3 is 15.8 Å². The standard InChI is InChI=1S/C13H18N2O3S/c1-13(6-3-4-9(13)14)12(17)15-8-5-7-19-10(8)11(16)18-2/h5,7,9H,3-4,6,14H2,1-2H3,(H,15,17). The van der Waals surface area contributed by atoms with Gasteiger partial charge in [0.1, 0.15) is 4.88 Å². The first-order chi connectivity index (χ1) is 8.99. The Balaban J connectivity index is 2.16. The maximum absolute atomic E-state index is 12.4. The second kappa shape index (κ2) is 5.30. The van der Waals surface area contributed by atoms with Gasteiger partial charge in [-0.2, -0.15) is 0 Å². The van der Waals surface area contributed by atoms with Crippen LogP contribution in [0, 0.1) is 5.41 Å². The molecule has 0 spiro atoms. The minimum absolute atomic E-state index is 0.124. The number of esters is 1. The van der Waals surface area contributed by atoms with Gasteiger partial charge in [0, 0.05) is 6.04 Å². The van der Waals surface area contributed by atoms with Gasteiger partial charge in [-0.1, -0.05) is 6.42 Å². The van der Waals surface area contributed by atoms with E-state index < -0.39 is 11.4 Å². The van der Waals surface area contributed by atoms with E-state index in [1.807, 2.05) is 6.92 Å². The number of ether oxygens (including phenoxy) is 1. The van der Waals surface area contributed by atoms with Crippen LogP contribution < -0.4 is 11.1 Å². The third-order valence-corrected chi connectivity index (χ3v) is 4.73. The van der Waals surface area contributed by atoms with Crippen LogP contribution in [0.4, 0.5) is 5.69 Å². The van der Waals surface area contributed by atoms with Crippen LogP contribution >= 0.6 is 11.3 Å². The molecule has 0 radical (unpaired) electrons. The average molecular weight is 282 g/mol. The van der Waals surface area contributed by atoms with E-state index in [-0.39, 0.29) is 11.9 Å². The van der Waals surface area contributed by atoms with Crippen molar-refractivity contribution in [2.45, 2.75) is 32.2 Å². The van der Waals surface area contributed by atoms with Gasteiger partial charge in [0.25, 0.3) is 0 Å². The largest absolute Gasteiger partial charge is 0.465 e. The van der Waals surface area contributed by atoms with Crippen molar-refractivity contribution < 1.29 is 14.3 Å². The van der Waals surface area contributed by atoms with Gasteiger partial charge in [-0.05, 0) is 31.2 Å². The highest BCUT2D eigenvalue weighted by Crippen LogP contribution is 2.38. The highest BCUT2D eigenvalue weighted by Gasteiger charge is 2.43. The van der Waals surface area contributed by atoms with Crippen LogP contribution in [0.5, 0.6) is 0 Å². The molecule has 2 rings (SSSR count). The lowest BCUT2D eigenvalue weighted by atomic mass is 9.84. The Bertz CT molecular complexity index is 500. The summed E-state index contributed by atoms with van der Waals surface area (Å²) in [6, 6.07) is 1.58. The number of nitrogens with one attached hydrogen (secondary N) is 1. The topological polar surface area (TPSA) is 81.4 Å². The minimum atomic E-state index is -0.560. The summed E-state index contributed by atoms with van der Waals surface area (Å²) < 4.78 is 4.68. The molecule has 0 saturated heterocycles. The van der Waals surface area contributed by atoms with Gasteiger partial charge in [0.15, 0.2) is 0 Å². The van der Waals surface area contributed by atoms with Crippen LogP contribution in [0.3, 0.4) is 0 Å². The van der Waals surface area contributed by atoms with Crippen LogP contribution in [-0.2, 0) is 9.53 Å². The zero-order valence-electron chi connectivity index (χ0n) is 11.1. The molecule has 6 heteroatoms. The van der Waals surface area contributed by atoms with Crippen LogP contribution in [0.1, 0.15) is 35.9 Å². The molecule has 0 aliphatic heterocycles. The first-order valence-corrected chi connectivity index (χ1v) is 7.10. The molecule has 1 saturated carbocycles. The maximum atomic E-state index is 12.4. The first kappa shape index (κ1) is 14.0. The average Bonchev–Trinajstić information content (AvgIpc) is 2.97. The second-order valence-electron chi connectivity index (χ2n) is 5.03. The summed E-state index contributed by atoms with van der Waals surface area (Å²) in [5, 5.41) is 4.56. The molecule has 5 nitrogen and oxygen atoms in total. The van der Waals surface area contributed by atoms with Crippen molar-refractivity contribution in [2.24, 2.45) is 11.1 Å². The first-order valence-electron chi connectivity index (χ1n) is 6.22. The monoisotopic (exact) mass is 282 g/mol. The normalized spacial score (nSPS) is 26.2. The molecule has 1 aliphatic carbocycles. The third kappa shape index (κ3) is 2.50. The van der Waals surface area contributed by atoms with Gasteiger partial charge in [-0.15, -0.1) is 11.3 Å². The van der Waals surface area contributed by atoms with Crippen molar-refractivity contribution in [3.8, 4) is 0 Å². The highest BCUT2D eigenvalue weighted by molar-refractivity contribution is 7.12. The van der Waals surface area contributed by atoms with E-state index in [1.165, 1.54) is 18.4 Å². The fraction of sp³-hybridized carbons (Fsp3) is 0.538. The number of nitrogens with two attached hydrogens (primary N) is 1. The van der Waals surface area contributed by atoms with Gasteiger partial charge in [-0.3, -0.25) is 4.79 Å².